The van der Waals surface area contributed by atoms with Crippen molar-refractivity contribution in [1.29, 1.82) is 0 Å². The van der Waals surface area contributed by atoms with Gasteiger partial charge in [-0.15, -0.1) is 24.0 Å². The maximum Gasteiger partial charge on any atom is 0.191 e. The van der Waals surface area contributed by atoms with E-state index in [1.54, 1.807) is 0 Å². The van der Waals surface area contributed by atoms with Crippen molar-refractivity contribution in [3.63, 3.8) is 0 Å². The predicted octanol–water partition coefficient (Wildman–Crippen LogP) is 2.23. The molecule has 0 aromatic rings. The molecule has 138 valence electrons. The van der Waals surface area contributed by atoms with Crippen LogP contribution < -0.4 is 10.6 Å². The zero-order chi connectivity index (χ0) is 16.4. The Hall–Kier alpha value is -0.0800. The third-order valence-corrected chi connectivity index (χ3v) is 4.42. The van der Waals surface area contributed by atoms with Crippen LogP contribution in [0, 0.1) is 5.92 Å². The molecule has 0 spiro atoms. The van der Waals surface area contributed by atoms with Gasteiger partial charge in [0.2, 0.25) is 0 Å². The Balaban J connectivity index is 0.00000484. The SMILES string of the molecule is CCN1CCN(CCNC(=NC)NC(C)CCC(C)C)CC1.I. The van der Waals surface area contributed by atoms with E-state index in [0.717, 1.165) is 25.0 Å². The number of nitrogens with zero attached hydrogens (tertiary/aromatic N) is 3. The third-order valence-electron chi connectivity index (χ3n) is 4.42. The second kappa shape index (κ2) is 13.2. The molecule has 1 rings (SSSR count). The summed E-state index contributed by atoms with van der Waals surface area (Å²) in [6, 6.07) is 0.474. The van der Waals surface area contributed by atoms with Gasteiger partial charge in [0.1, 0.15) is 0 Å². The summed E-state index contributed by atoms with van der Waals surface area (Å²) < 4.78 is 0. The molecule has 2 N–H and O–H groups in total. The first-order chi connectivity index (χ1) is 10.5. The lowest BCUT2D eigenvalue weighted by Gasteiger charge is -2.34. The van der Waals surface area contributed by atoms with E-state index in [-0.39, 0.29) is 24.0 Å². The summed E-state index contributed by atoms with van der Waals surface area (Å²) in [5.74, 6) is 1.70. The van der Waals surface area contributed by atoms with Gasteiger partial charge in [-0.05, 0) is 32.2 Å². The van der Waals surface area contributed by atoms with Crippen LogP contribution in [-0.4, -0.2) is 74.7 Å². The highest BCUT2D eigenvalue weighted by molar-refractivity contribution is 14.0. The van der Waals surface area contributed by atoms with Crippen molar-refractivity contribution in [2.24, 2.45) is 10.9 Å². The Labute approximate surface area is 160 Å². The first kappa shape index (κ1) is 22.9. The molecule has 1 aliphatic rings. The summed E-state index contributed by atoms with van der Waals surface area (Å²) in [7, 11) is 1.85. The maximum atomic E-state index is 4.33. The number of likely N-dealkylation sites (N-methyl/N-ethyl adjacent to an activating group) is 1. The lowest BCUT2D eigenvalue weighted by molar-refractivity contribution is 0.139. The van der Waals surface area contributed by atoms with Crippen molar-refractivity contribution in [1.82, 2.24) is 20.4 Å². The third kappa shape index (κ3) is 10.4. The predicted molar refractivity (Wildman–Crippen MR) is 112 cm³/mol. The van der Waals surface area contributed by atoms with Crippen LogP contribution in [0.1, 0.15) is 40.5 Å². The van der Waals surface area contributed by atoms with E-state index in [9.17, 15) is 0 Å². The van der Waals surface area contributed by atoms with Crippen LogP contribution in [0.25, 0.3) is 0 Å². The Kier molecular flexibility index (Phi) is 13.2. The lowest BCUT2D eigenvalue weighted by atomic mass is 10.0. The number of hydrogen-bond acceptors (Lipinski definition) is 3. The van der Waals surface area contributed by atoms with E-state index in [4.69, 9.17) is 0 Å². The average molecular weight is 439 g/mol. The number of rotatable bonds is 8. The minimum atomic E-state index is 0. The van der Waals surface area contributed by atoms with Crippen molar-refractivity contribution in [3.8, 4) is 0 Å². The van der Waals surface area contributed by atoms with Gasteiger partial charge >= 0.3 is 0 Å². The molecule has 0 aromatic carbocycles. The van der Waals surface area contributed by atoms with Crippen molar-refractivity contribution in [3.05, 3.63) is 0 Å². The standard InChI is InChI=1S/C17H37N5.HI/c1-6-21-11-13-22(14-12-21)10-9-19-17(18-5)20-16(4)8-7-15(2)3;/h15-16H,6-14H2,1-5H3,(H2,18,19,20);1H. The summed E-state index contributed by atoms with van der Waals surface area (Å²) in [6.45, 7) is 17.0. The van der Waals surface area contributed by atoms with Crippen molar-refractivity contribution < 1.29 is 0 Å². The Morgan fingerprint density at radius 3 is 2.17 bits per heavy atom. The van der Waals surface area contributed by atoms with Crippen LogP contribution in [0.4, 0.5) is 0 Å². The maximum absolute atomic E-state index is 4.33. The molecule has 0 radical (unpaired) electrons. The van der Waals surface area contributed by atoms with E-state index in [0.29, 0.717) is 6.04 Å². The number of nitrogens with one attached hydrogen (secondary N) is 2. The highest BCUT2D eigenvalue weighted by atomic mass is 127. The fourth-order valence-electron chi connectivity index (χ4n) is 2.75. The summed E-state index contributed by atoms with van der Waals surface area (Å²) in [6.07, 6.45) is 2.45. The first-order valence-electron chi connectivity index (χ1n) is 8.97. The summed E-state index contributed by atoms with van der Waals surface area (Å²) in [5.41, 5.74) is 0. The van der Waals surface area contributed by atoms with Crippen LogP contribution in [0.5, 0.6) is 0 Å². The van der Waals surface area contributed by atoms with Gasteiger partial charge in [-0.25, -0.2) is 0 Å². The highest BCUT2D eigenvalue weighted by Gasteiger charge is 2.15. The van der Waals surface area contributed by atoms with Gasteiger partial charge in [0.05, 0.1) is 0 Å². The fourth-order valence-corrected chi connectivity index (χ4v) is 2.75. The smallest absolute Gasteiger partial charge is 0.191 e. The van der Waals surface area contributed by atoms with E-state index >= 15 is 0 Å². The van der Waals surface area contributed by atoms with Crippen LogP contribution >= 0.6 is 24.0 Å². The van der Waals surface area contributed by atoms with E-state index < -0.39 is 0 Å². The second-order valence-electron chi connectivity index (χ2n) is 6.79. The summed E-state index contributed by atoms with van der Waals surface area (Å²) in [5, 5.41) is 6.93. The van der Waals surface area contributed by atoms with Gasteiger partial charge in [-0.1, -0.05) is 20.8 Å². The molecule has 0 bridgehead atoms. The van der Waals surface area contributed by atoms with Crippen LogP contribution in [0.2, 0.25) is 0 Å². The average Bonchev–Trinajstić information content (AvgIpc) is 2.52. The lowest BCUT2D eigenvalue weighted by Crippen LogP contribution is -2.49. The molecule has 0 amide bonds. The summed E-state index contributed by atoms with van der Waals surface area (Å²) in [4.78, 5) is 9.38. The Bertz CT molecular complexity index is 314. The summed E-state index contributed by atoms with van der Waals surface area (Å²) >= 11 is 0. The van der Waals surface area contributed by atoms with Crippen molar-refractivity contribution in [2.45, 2.75) is 46.6 Å². The molecule has 0 aromatic heterocycles. The van der Waals surface area contributed by atoms with Gasteiger partial charge in [0.15, 0.2) is 5.96 Å². The monoisotopic (exact) mass is 439 g/mol. The number of aliphatic imine (C=N–C) groups is 1. The molecule has 1 atom stereocenters. The van der Waals surface area contributed by atoms with Gasteiger partial charge in [0, 0.05) is 52.4 Å². The Morgan fingerprint density at radius 2 is 1.65 bits per heavy atom. The normalized spacial score (nSPS) is 18.6. The minimum absolute atomic E-state index is 0. The van der Waals surface area contributed by atoms with E-state index in [1.165, 1.54) is 45.6 Å². The van der Waals surface area contributed by atoms with Crippen LogP contribution in [0.3, 0.4) is 0 Å². The van der Waals surface area contributed by atoms with Crippen molar-refractivity contribution in [2.75, 3.05) is 52.9 Å². The molecule has 23 heavy (non-hydrogen) atoms. The quantitative estimate of drug-likeness (QED) is 0.346. The molecule has 1 saturated heterocycles. The van der Waals surface area contributed by atoms with E-state index in [2.05, 4.69) is 53.1 Å². The molecule has 0 aliphatic carbocycles. The first-order valence-corrected chi connectivity index (χ1v) is 8.97. The Morgan fingerprint density at radius 1 is 1.04 bits per heavy atom. The molecular weight excluding hydrogens is 401 g/mol. The van der Waals surface area contributed by atoms with Crippen LogP contribution in [-0.2, 0) is 0 Å². The number of hydrogen-bond donors (Lipinski definition) is 2. The molecular formula is C17H38IN5. The largest absolute Gasteiger partial charge is 0.355 e. The number of halogens is 1. The fraction of sp³-hybridized carbons (Fsp3) is 0.941. The van der Waals surface area contributed by atoms with Crippen LogP contribution in [0.15, 0.2) is 4.99 Å². The number of guanidine groups is 1. The zero-order valence-electron chi connectivity index (χ0n) is 15.8. The van der Waals surface area contributed by atoms with Crippen molar-refractivity contribution >= 4 is 29.9 Å². The molecule has 6 heteroatoms. The molecule has 1 fully saturated rings. The van der Waals surface area contributed by atoms with Gasteiger partial charge in [-0.2, -0.15) is 0 Å². The molecule has 1 heterocycles. The van der Waals surface area contributed by atoms with Gasteiger partial charge in [0.25, 0.3) is 0 Å². The molecule has 1 unspecified atom stereocenters. The van der Waals surface area contributed by atoms with Gasteiger partial charge in [-0.3, -0.25) is 9.89 Å². The second-order valence-corrected chi connectivity index (χ2v) is 6.79. The minimum Gasteiger partial charge on any atom is -0.355 e. The van der Waals surface area contributed by atoms with E-state index in [1.807, 2.05) is 7.05 Å². The molecule has 1 aliphatic heterocycles. The highest BCUT2D eigenvalue weighted by Crippen LogP contribution is 2.06. The number of piperazine rings is 1. The molecule has 5 nitrogen and oxygen atoms in total. The van der Waals surface area contributed by atoms with Gasteiger partial charge < -0.3 is 15.5 Å². The molecule has 0 saturated carbocycles. The topological polar surface area (TPSA) is 42.9 Å². The zero-order valence-corrected chi connectivity index (χ0v) is 18.1.